The number of rotatable bonds is 7. The molecule has 12 nitrogen and oxygen atoms in total. The minimum Gasteiger partial charge on any atom is -0.463 e. The fraction of sp³-hybridized carbons (Fsp3) is 0.667. The first-order chi connectivity index (χ1) is 21.0. The first-order valence-electron chi connectivity index (χ1n) is 15.4. The molecule has 2 aromatic rings. The minimum absolute atomic E-state index is 0.114. The van der Waals surface area contributed by atoms with E-state index in [1.807, 2.05) is 0 Å². The van der Waals surface area contributed by atoms with E-state index in [9.17, 15) is 10.5 Å². The number of nitriles is 2. The van der Waals surface area contributed by atoms with Gasteiger partial charge in [0.25, 0.3) is 0 Å². The van der Waals surface area contributed by atoms with Gasteiger partial charge in [0.1, 0.15) is 29.3 Å². The lowest BCUT2D eigenvalue weighted by Gasteiger charge is -2.49. The van der Waals surface area contributed by atoms with Crippen molar-refractivity contribution in [2.75, 3.05) is 94.4 Å². The molecule has 5 fully saturated rings. The van der Waals surface area contributed by atoms with Gasteiger partial charge in [-0.2, -0.15) is 20.5 Å². The van der Waals surface area contributed by atoms with E-state index in [0.717, 1.165) is 77.2 Å². The molecule has 5 aliphatic heterocycles. The van der Waals surface area contributed by atoms with Crippen LogP contribution in [0.4, 0.5) is 16.6 Å². The maximum absolute atomic E-state index is 10.5. The normalized spacial score (nSPS) is 26.8. The van der Waals surface area contributed by atoms with Crippen LogP contribution in [0.25, 0.3) is 0 Å². The zero-order valence-electron chi connectivity index (χ0n) is 24.3. The zero-order chi connectivity index (χ0) is 29.2. The van der Waals surface area contributed by atoms with Gasteiger partial charge in [0.15, 0.2) is 11.6 Å². The second kappa shape index (κ2) is 10.5. The third-order valence-corrected chi connectivity index (χ3v) is 11.3. The van der Waals surface area contributed by atoms with Gasteiger partial charge in [-0.05, 0) is 31.2 Å². The Kier molecular flexibility index (Phi) is 6.65. The van der Waals surface area contributed by atoms with Crippen LogP contribution in [0.1, 0.15) is 40.8 Å². The second-order valence-corrected chi connectivity index (χ2v) is 14.4. The van der Waals surface area contributed by atoms with Gasteiger partial charge in [-0.15, -0.1) is 11.3 Å². The van der Waals surface area contributed by atoms with Crippen LogP contribution in [0.5, 0.6) is 6.01 Å². The molecule has 5 saturated heterocycles. The number of nitrogens with two attached hydrogens (primary N) is 1. The van der Waals surface area contributed by atoms with Crippen molar-refractivity contribution in [3.05, 3.63) is 21.6 Å². The molecular weight excluding hydrogens is 566 g/mol. The zero-order valence-corrected chi connectivity index (χ0v) is 25.1. The number of thiophene rings is 1. The van der Waals surface area contributed by atoms with Crippen molar-refractivity contribution in [2.45, 2.75) is 43.2 Å². The van der Waals surface area contributed by atoms with Gasteiger partial charge in [-0.1, -0.05) is 0 Å². The molecule has 13 heteroatoms. The van der Waals surface area contributed by atoms with Gasteiger partial charge in [0, 0.05) is 68.2 Å². The smallest absolute Gasteiger partial charge is 0.320 e. The molecule has 1 unspecified atom stereocenters. The van der Waals surface area contributed by atoms with Crippen molar-refractivity contribution in [3.63, 3.8) is 0 Å². The number of ether oxygens (including phenoxy) is 3. The molecule has 6 aliphatic rings. The average molecular weight is 604 g/mol. The second-order valence-electron chi connectivity index (χ2n) is 13.2. The highest BCUT2D eigenvalue weighted by molar-refractivity contribution is 7.16. The Morgan fingerprint density at radius 2 is 1.70 bits per heavy atom. The quantitative estimate of drug-likeness (QED) is 0.469. The first-order valence-corrected chi connectivity index (χ1v) is 16.2. The van der Waals surface area contributed by atoms with Crippen molar-refractivity contribution in [1.82, 2.24) is 20.2 Å². The van der Waals surface area contributed by atoms with Gasteiger partial charge < -0.3 is 35.1 Å². The molecule has 43 heavy (non-hydrogen) atoms. The van der Waals surface area contributed by atoms with E-state index >= 15 is 0 Å². The molecule has 0 saturated carbocycles. The van der Waals surface area contributed by atoms with Gasteiger partial charge in [0.05, 0.1) is 37.4 Å². The Labute approximate surface area is 255 Å². The summed E-state index contributed by atoms with van der Waals surface area (Å²) in [4.78, 5) is 17.9. The van der Waals surface area contributed by atoms with E-state index in [0.29, 0.717) is 78.8 Å². The highest BCUT2D eigenvalue weighted by atomic mass is 32.1. The maximum Gasteiger partial charge on any atom is 0.320 e. The number of nitrogen functional groups attached to an aromatic ring is 1. The van der Waals surface area contributed by atoms with E-state index in [1.165, 1.54) is 4.88 Å². The fourth-order valence-corrected chi connectivity index (χ4v) is 9.19. The summed E-state index contributed by atoms with van der Waals surface area (Å²) in [7, 11) is 0. The third kappa shape index (κ3) is 4.61. The lowest BCUT2D eigenvalue weighted by molar-refractivity contribution is -0.150. The van der Waals surface area contributed by atoms with E-state index in [1.54, 1.807) is 11.3 Å². The highest BCUT2D eigenvalue weighted by Crippen LogP contribution is 2.53. The van der Waals surface area contributed by atoms with Crippen LogP contribution in [-0.2, 0) is 21.3 Å². The lowest BCUT2D eigenvalue weighted by atomic mass is 9.74. The van der Waals surface area contributed by atoms with E-state index in [-0.39, 0.29) is 10.8 Å². The van der Waals surface area contributed by atoms with Crippen LogP contribution >= 0.6 is 11.3 Å². The number of anilines is 3. The summed E-state index contributed by atoms with van der Waals surface area (Å²) >= 11 is 1.55. The van der Waals surface area contributed by atoms with Crippen molar-refractivity contribution in [3.8, 4) is 18.1 Å². The summed E-state index contributed by atoms with van der Waals surface area (Å²) in [6.07, 6.45) is 4.19. The van der Waals surface area contributed by atoms with Crippen LogP contribution in [-0.4, -0.2) is 106 Å². The molecule has 226 valence electrons. The number of hydrogen-bond donors (Lipinski definition) is 2. The molecule has 1 aliphatic carbocycles. The monoisotopic (exact) mass is 603 g/mol. The SMILES string of the molecule is N#Cc1c(N2CC3CC[C@H](C2)N3)nc(OCC2(CN3CCOCC3)COC2)nc1N1CC2(CCc3sc(N)c(C#N)c32)C1. The Morgan fingerprint density at radius 1 is 1.00 bits per heavy atom. The largest absolute Gasteiger partial charge is 0.463 e. The average Bonchev–Trinajstić information content (AvgIpc) is 3.63. The molecule has 2 aromatic heterocycles. The maximum atomic E-state index is 10.5. The van der Waals surface area contributed by atoms with Gasteiger partial charge in [-0.25, -0.2) is 0 Å². The summed E-state index contributed by atoms with van der Waals surface area (Å²) in [5, 5.41) is 24.7. The summed E-state index contributed by atoms with van der Waals surface area (Å²) < 4.78 is 17.6. The van der Waals surface area contributed by atoms with E-state index in [2.05, 4.69) is 32.2 Å². The molecule has 1 spiro atoms. The number of nitrogens with one attached hydrogen (secondary N) is 1. The molecule has 8 rings (SSSR count). The van der Waals surface area contributed by atoms with Crippen LogP contribution in [0.15, 0.2) is 0 Å². The number of morpholine rings is 1. The molecule has 2 bridgehead atoms. The van der Waals surface area contributed by atoms with Crippen molar-refractivity contribution < 1.29 is 14.2 Å². The molecular formula is C30H37N9O3S. The number of aryl methyl sites for hydroxylation is 1. The Bertz CT molecular complexity index is 1490. The molecule has 0 radical (unpaired) electrons. The summed E-state index contributed by atoms with van der Waals surface area (Å²) in [5.41, 5.74) is 8.23. The van der Waals surface area contributed by atoms with Crippen molar-refractivity contribution >= 4 is 28.0 Å². The third-order valence-electron chi connectivity index (χ3n) is 10.2. The Balaban J connectivity index is 1.09. The molecule has 7 heterocycles. The molecule has 3 N–H and O–H groups in total. The highest BCUT2D eigenvalue weighted by Gasteiger charge is 2.52. The molecule has 0 amide bonds. The topological polar surface area (TPSA) is 149 Å². The summed E-state index contributed by atoms with van der Waals surface area (Å²) in [5.74, 6) is 1.29. The van der Waals surface area contributed by atoms with Crippen molar-refractivity contribution in [1.29, 1.82) is 10.5 Å². The molecule has 0 aromatic carbocycles. The number of aromatic nitrogens is 2. The minimum atomic E-state index is -0.132. The van der Waals surface area contributed by atoms with Crippen LogP contribution in [0.3, 0.4) is 0 Å². The number of fused-ring (bicyclic) bond motifs is 4. The lowest BCUT2D eigenvalue weighted by Crippen LogP contribution is -2.59. The number of hydrogen-bond acceptors (Lipinski definition) is 13. The van der Waals surface area contributed by atoms with E-state index < -0.39 is 0 Å². The van der Waals surface area contributed by atoms with Crippen LogP contribution in [0.2, 0.25) is 0 Å². The van der Waals surface area contributed by atoms with Crippen LogP contribution < -0.4 is 25.6 Å². The molecule has 2 atom stereocenters. The number of nitrogens with zero attached hydrogens (tertiary/aromatic N) is 7. The first kappa shape index (κ1) is 27.4. The fourth-order valence-electron chi connectivity index (χ4n) is 8.05. The van der Waals surface area contributed by atoms with Gasteiger partial charge in [-0.3, -0.25) is 4.90 Å². The predicted octanol–water partition coefficient (Wildman–Crippen LogP) is 1.24. The standard InChI is InChI=1S/C30H37N9O3S/c31-9-21-24-23(43-25(21)33)3-4-30(24)14-39(15-30)27-22(10-32)26(38-11-19-1-2-20(12-38)34-19)35-28(36-27)42-18-29(16-41-17-29)13-37-5-7-40-8-6-37/h19-20,34H,1-8,11-18,33H2/t19-,20?/m1/s1. The van der Waals surface area contributed by atoms with Gasteiger partial charge >= 0.3 is 6.01 Å². The summed E-state index contributed by atoms with van der Waals surface area (Å²) in [6, 6.07) is 5.94. The van der Waals surface area contributed by atoms with E-state index in [4.69, 9.17) is 29.9 Å². The Morgan fingerprint density at radius 3 is 2.35 bits per heavy atom. The van der Waals surface area contributed by atoms with Crippen molar-refractivity contribution in [2.24, 2.45) is 5.41 Å². The predicted molar refractivity (Wildman–Crippen MR) is 161 cm³/mol. The van der Waals surface area contributed by atoms with Crippen LogP contribution in [0, 0.1) is 28.1 Å². The number of piperazine rings is 1. The Hall–Kier alpha value is -3.20. The van der Waals surface area contributed by atoms with Gasteiger partial charge in [0.2, 0.25) is 0 Å². The summed E-state index contributed by atoms with van der Waals surface area (Å²) in [6.45, 7) is 8.95.